The summed E-state index contributed by atoms with van der Waals surface area (Å²) in [6.45, 7) is 3.29. The van der Waals surface area contributed by atoms with Gasteiger partial charge in [-0.1, -0.05) is 40.9 Å². The zero-order valence-electron chi connectivity index (χ0n) is 14.5. The molecule has 2 N–H and O–H groups in total. The highest BCUT2D eigenvalue weighted by Gasteiger charge is 2.13. The van der Waals surface area contributed by atoms with Crippen LogP contribution in [0.3, 0.4) is 0 Å². The molecule has 0 aliphatic carbocycles. The number of carbonyl (C=O) groups is 2. The largest absolute Gasteiger partial charge is 0.484 e. The zero-order chi connectivity index (χ0) is 20.1. The molecule has 0 heterocycles. The number of carbonyl (C=O) groups excluding carboxylic acids is 1. The molecule has 0 bridgehead atoms. The summed E-state index contributed by atoms with van der Waals surface area (Å²) in [4.78, 5) is 23.5. The summed E-state index contributed by atoms with van der Waals surface area (Å²) in [5, 5.41) is 12.9. The van der Waals surface area contributed by atoms with Crippen LogP contribution < -0.4 is 10.1 Å². The number of carboxylic acids is 1. The van der Waals surface area contributed by atoms with Crippen LogP contribution in [0.4, 0.5) is 0 Å². The summed E-state index contributed by atoms with van der Waals surface area (Å²) in [5.41, 5.74) is 1.80. The molecule has 0 saturated heterocycles. The summed E-state index contributed by atoms with van der Waals surface area (Å²) in [5.74, 6) is -1.45. The van der Waals surface area contributed by atoms with Gasteiger partial charge >= 0.3 is 5.97 Å². The standard InChI is InChI=1S/C19H16Cl3NO4/c1-10-5-13(6-11(2)18(10)22)27-9-17(24)23-16(19(25)26)8-12-3-4-14(20)15(21)7-12/h3-8H,9H2,1-2H3,(H,23,24)(H,25,26)/b16-8+. The van der Waals surface area contributed by atoms with E-state index in [1.54, 1.807) is 18.2 Å². The summed E-state index contributed by atoms with van der Waals surface area (Å²) in [6, 6.07) is 8.01. The monoisotopic (exact) mass is 427 g/mol. The molecule has 5 nitrogen and oxygen atoms in total. The van der Waals surface area contributed by atoms with Gasteiger partial charge in [-0.2, -0.15) is 0 Å². The van der Waals surface area contributed by atoms with E-state index in [1.807, 2.05) is 13.8 Å². The van der Waals surface area contributed by atoms with Crippen LogP contribution in [0.2, 0.25) is 15.1 Å². The van der Waals surface area contributed by atoms with Crippen LogP contribution in [0.25, 0.3) is 6.08 Å². The third-order valence-corrected chi connectivity index (χ3v) is 4.87. The SMILES string of the molecule is Cc1cc(OCC(=O)N/C(=C/c2ccc(Cl)c(Cl)c2)C(=O)O)cc(C)c1Cl. The van der Waals surface area contributed by atoms with Crippen molar-refractivity contribution in [1.29, 1.82) is 0 Å². The minimum Gasteiger partial charge on any atom is -0.484 e. The lowest BCUT2D eigenvalue weighted by Crippen LogP contribution is -2.31. The maximum absolute atomic E-state index is 12.1. The van der Waals surface area contributed by atoms with Gasteiger partial charge in [-0.05, 0) is 60.9 Å². The smallest absolute Gasteiger partial charge is 0.352 e. The van der Waals surface area contributed by atoms with Crippen molar-refractivity contribution in [1.82, 2.24) is 5.32 Å². The first kappa shape index (κ1) is 21.1. The third kappa shape index (κ3) is 5.89. The Bertz CT molecular complexity index is 902. The van der Waals surface area contributed by atoms with E-state index in [1.165, 1.54) is 18.2 Å². The van der Waals surface area contributed by atoms with E-state index in [0.717, 1.165) is 11.1 Å². The van der Waals surface area contributed by atoms with Crippen LogP contribution in [0.5, 0.6) is 5.75 Å². The Labute approximate surface area is 171 Å². The van der Waals surface area contributed by atoms with Crippen LogP contribution in [0.1, 0.15) is 16.7 Å². The molecule has 0 fully saturated rings. The average Bonchev–Trinajstić information content (AvgIpc) is 2.60. The van der Waals surface area contributed by atoms with Crippen molar-refractivity contribution in [3.63, 3.8) is 0 Å². The number of benzene rings is 2. The number of ether oxygens (including phenoxy) is 1. The van der Waals surface area contributed by atoms with Gasteiger partial charge < -0.3 is 15.2 Å². The third-order valence-electron chi connectivity index (χ3n) is 3.54. The van der Waals surface area contributed by atoms with E-state index in [2.05, 4.69) is 5.32 Å². The van der Waals surface area contributed by atoms with Gasteiger partial charge in [0.15, 0.2) is 6.61 Å². The topological polar surface area (TPSA) is 75.6 Å². The number of nitrogens with one attached hydrogen (secondary N) is 1. The minimum absolute atomic E-state index is 0.276. The van der Waals surface area contributed by atoms with Gasteiger partial charge in [0.2, 0.25) is 0 Å². The zero-order valence-corrected chi connectivity index (χ0v) is 16.7. The van der Waals surface area contributed by atoms with Crippen LogP contribution in [-0.4, -0.2) is 23.6 Å². The Morgan fingerprint density at radius 1 is 1.07 bits per heavy atom. The predicted octanol–water partition coefficient (Wildman–Crippen LogP) is 4.88. The van der Waals surface area contributed by atoms with Gasteiger partial charge in [0, 0.05) is 5.02 Å². The molecule has 0 radical (unpaired) electrons. The van der Waals surface area contributed by atoms with Gasteiger partial charge in [-0.3, -0.25) is 4.79 Å². The van der Waals surface area contributed by atoms with E-state index < -0.39 is 11.9 Å². The number of aryl methyl sites for hydroxylation is 2. The molecule has 0 unspecified atom stereocenters. The van der Waals surface area contributed by atoms with Crippen molar-refractivity contribution in [2.45, 2.75) is 13.8 Å². The normalized spacial score (nSPS) is 11.2. The first-order chi connectivity index (χ1) is 12.7. The van der Waals surface area contributed by atoms with Crippen molar-refractivity contribution >= 4 is 52.8 Å². The first-order valence-corrected chi connectivity index (χ1v) is 8.90. The molecular formula is C19H16Cl3NO4. The second-order valence-electron chi connectivity index (χ2n) is 5.74. The Morgan fingerprint density at radius 2 is 1.70 bits per heavy atom. The summed E-state index contributed by atoms with van der Waals surface area (Å²) >= 11 is 17.8. The van der Waals surface area contributed by atoms with Crippen LogP contribution >= 0.6 is 34.8 Å². The highest BCUT2D eigenvalue weighted by Crippen LogP contribution is 2.26. The van der Waals surface area contributed by atoms with E-state index in [4.69, 9.17) is 39.5 Å². The fraction of sp³-hybridized carbons (Fsp3) is 0.158. The summed E-state index contributed by atoms with van der Waals surface area (Å²) < 4.78 is 5.42. The second kappa shape index (κ2) is 9.13. The van der Waals surface area contributed by atoms with Gasteiger partial charge in [0.05, 0.1) is 10.0 Å². The molecule has 1 amide bonds. The number of carboxylic acid groups (broad SMARTS) is 1. The lowest BCUT2D eigenvalue weighted by molar-refractivity contribution is -0.134. The van der Waals surface area contributed by atoms with Crippen molar-refractivity contribution in [3.05, 3.63) is 67.8 Å². The second-order valence-corrected chi connectivity index (χ2v) is 6.94. The lowest BCUT2D eigenvalue weighted by atomic mass is 10.1. The number of halogens is 3. The Balaban J connectivity index is 2.08. The van der Waals surface area contributed by atoms with Crippen molar-refractivity contribution in [3.8, 4) is 5.75 Å². The molecule has 27 heavy (non-hydrogen) atoms. The number of hydrogen-bond acceptors (Lipinski definition) is 3. The Morgan fingerprint density at radius 3 is 2.26 bits per heavy atom. The maximum atomic E-state index is 12.1. The molecule has 2 rings (SSSR count). The fourth-order valence-electron chi connectivity index (χ4n) is 2.24. The average molecular weight is 429 g/mol. The molecular weight excluding hydrogens is 413 g/mol. The highest BCUT2D eigenvalue weighted by atomic mass is 35.5. The molecule has 0 aliphatic rings. The van der Waals surface area contributed by atoms with Gasteiger partial charge in [-0.25, -0.2) is 4.79 Å². The van der Waals surface area contributed by atoms with Crippen LogP contribution in [0, 0.1) is 13.8 Å². The number of hydrogen-bond donors (Lipinski definition) is 2. The van der Waals surface area contributed by atoms with Gasteiger partial charge in [0.1, 0.15) is 11.4 Å². The molecule has 142 valence electrons. The highest BCUT2D eigenvalue weighted by molar-refractivity contribution is 6.42. The predicted molar refractivity (Wildman–Crippen MR) is 107 cm³/mol. The van der Waals surface area contributed by atoms with Crippen LogP contribution in [-0.2, 0) is 9.59 Å². The molecule has 0 atom stereocenters. The van der Waals surface area contributed by atoms with E-state index >= 15 is 0 Å². The number of rotatable bonds is 6. The summed E-state index contributed by atoms with van der Waals surface area (Å²) in [7, 11) is 0. The Hall–Kier alpha value is -2.21. The minimum atomic E-state index is -1.30. The number of amides is 1. The van der Waals surface area contributed by atoms with Crippen LogP contribution in [0.15, 0.2) is 36.0 Å². The quantitative estimate of drug-likeness (QED) is 0.643. The van der Waals surface area contributed by atoms with E-state index in [-0.39, 0.29) is 17.3 Å². The summed E-state index contributed by atoms with van der Waals surface area (Å²) in [6.07, 6.45) is 1.28. The van der Waals surface area contributed by atoms with Crippen molar-refractivity contribution < 1.29 is 19.4 Å². The maximum Gasteiger partial charge on any atom is 0.352 e. The Kier molecular flexibility index (Phi) is 7.13. The first-order valence-electron chi connectivity index (χ1n) is 7.77. The molecule has 0 saturated carbocycles. The molecule has 0 aliphatic heterocycles. The molecule has 0 aromatic heterocycles. The van der Waals surface area contributed by atoms with Crippen molar-refractivity contribution in [2.24, 2.45) is 0 Å². The fourth-order valence-corrected chi connectivity index (χ4v) is 2.66. The molecule has 0 spiro atoms. The molecule has 8 heteroatoms. The van der Waals surface area contributed by atoms with Crippen molar-refractivity contribution in [2.75, 3.05) is 6.61 Å². The number of aliphatic carboxylic acids is 1. The van der Waals surface area contributed by atoms with E-state index in [9.17, 15) is 14.7 Å². The van der Waals surface area contributed by atoms with E-state index in [0.29, 0.717) is 21.4 Å². The van der Waals surface area contributed by atoms with Gasteiger partial charge in [-0.15, -0.1) is 0 Å². The molecule has 2 aromatic rings. The molecule has 2 aromatic carbocycles. The van der Waals surface area contributed by atoms with Gasteiger partial charge in [0.25, 0.3) is 5.91 Å². The lowest BCUT2D eigenvalue weighted by Gasteiger charge is -2.11.